The van der Waals surface area contributed by atoms with Gasteiger partial charge in [-0.15, -0.1) is 0 Å². The maximum atomic E-state index is 5.68. The van der Waals surface area contributed by atoms with Gasteiger partial charge in [0.2, 0.25) is 0 Å². The smallest absolute Gasteiger partial charge is 0.163 e. The molecule has 108 valence electrons. The summed E-state index contributed by atoms with van der Waals surface area (Å²) >= 11 is 0. The van der Waals surface area contributed by atoms with Crippen LogP contribution in [-0.2, 0) is 6.54 Å². The topological polar surface area (TPSA) is 64.9 Å². The van der Waals surface area contributed by atoms with Crippen LogP contribution in [0.4, 0.5) is 5.82 Å². The van der Waals surface area contributed by atoms with Crippen molar-refractivity contribution in [2.24, 2.45) is 0 Å². The number of anilines is 1. The molecule has 2 heterocycles. The zero-order chi connectivity index (χ0) is 14.5. The monoisotopic (exact) mass is 283 g/mol. The number of fused-ring (bicyclic) bond motifs is 1. The third-order valence-electron chi connectivity index (χ3n) is 3.20. The van der Waals surface area contributed by atoms with Crippen molar-refractivity contribution in [3.63, 3.8) is 0 Å². The third-order valence-corrected chi connectivity index (χ3v) is 3.20. The fourth-order valence-corrected chi connectivity index (χ4v) is 2.18. The van der Waals surface area contributed by atoms with Crippen LogP contribution < -0.4 is 10.1 Å². The number of hydrogen-bond donors (Lipinski definition) is 1. The fraction of sp³-hybridized carbons (Fsp3) is 0.267. The SMILES string of the molecule is CNc1ncnc2c1cnn2CCCOc1ccccc1. The van der Waals surface area contributed by atoms with Crippen LogP contribution in [0.5, 0.6) is 5.75 Å². The predicted octanol–water partition coefficient (Wildman–Crippen LogP) is 2.34. The molecular formula is C15H17N5O. The number of ether oxygens (including phenoxy) is 1. The molecule has 2 aromatic heterocycles. The average Bonchev–Trinajstić information content (AvgIpc) is 2.96. The lowest BCUT2D eigenvalue weighted by molar-refractivity contribution is 0.299. The van der Waals surface area contributed by atoms with Crippen LogP contribution in [0.2, 0.25) is 0 Å². The van der Waals surface area contributed by atoms with Gasteiger partial charge in [0.05, 0.1) is 18.2 Å². The van der Waals surface area contributed by atoms with Gasteiger partial charge in [0.15, 0.2) is 5.65 Å². The molecule has 0 aliphatic rings. The van der Waals surface area contributed by atoms with Gasteiger partial charge >= 0.3 is 0 Å². The molecule has 1 N–H and O–H groups in total. The van der Waals surface area contributed by atoms with E-state index in [0.717, 1.165) is 35.6 Å². The summed E-state index contributed by atoms with van der Waals surface area (Å²) in [5, 5.41) is 8.34. The van der Waals surface area contributed by atoms with E-state index in [1.165, 1.54) is 0 Å². The minimum atomic E-state index is 0.648. The number of nitrogens with zero attached hydrogens (tertiary/aromatic N) is 4. The quantitative estimate of drug-likeness (QED) is 0.703. The van der Waals surface area contributed by atoms with Crippen LogP contribution >= 0.6 is 0 Å². The summed E-state index contributed by atoms with van der Waals surface area (Å²) in [6, 6.07) is 9.81. The number of rotatable bonds is 6. The van der Waals surface area contributed by atoms with E-state index in [0.29, 0.717) is 6.61 Å². The lowest BCUT2D eigenvalue weighted by Crippen LogP contribution is -2.06. The number of aromatic nitrogens is 4. The van der Waals surface area contributed by atoms with Crippen molar-refractivity contribution in [1.29, 1.82) is 0 Å². The molecule has 6 heteroatoms. The first kappa shape index (κ1) is 13.4. The van der Waals surface area contributed by atoms with E-state index < -0.39 is 0 Å². The van der Waals surface area contributed by atoms with Gasteiger partial charge < -0.3 is 10.1 Å². The molecule has 0 atom stereocenters. The molecule has 0 saturated carbocycles. The maximum Gasteiger partial charge on any atom is 0.163 e. The van der Waals surface area contributed by atoms with Crippen molar-refractivity contribution >= 4 is 16.9 Å². The van der Waals surface area contributed by atoms with Crippen LogP contribution in [0.3, 0.4) is 0 Å². The van der Waals surface area contributed by atoms with E-state index in [4.69, 9.17) is 4.74 Å². The highest BCUT2D eigenvalue weighted by atomic mass is 16.5. The highest BCUT2D eigenvalue weighted by Crippen LogP contribution is 2.18. The molecule has 21 heavy (non-hydrogen) atoms. The summed E-state index contributed by atoms with van der Waals surface area (Å²) in [6.45, 7) is 1.41. The van der Waals surface area contributed by atoms with Gasteiger partial charge in [0.25, 0.3) is 0 Å². The largest absolute Gasteiger partial charge is 0.494 e. The van der Waals surface area contributed by atoms with E-state index in [9.17, 15) is 0 Å². The molecular weight excluding hydrogens is 266 g/mol. The molecule has 0 aliphatic carbocycles. The molecule has 1 aromatic carbocycles. The normalized spacial score (nSPS) is 10.7. The van der Waals surface area contributed by atoms with E-state index in [1.54, 1.807) is 12.5 Å². The fourth-order valence-electron chi connectivity index (χ4n) is 2.18. The van der Waals surface area contributed by atoms with Gasteiger partial charge in [-0.2, -0.15) is 5.10 Å². The van der Waals surface area contributed by atoms with E-state index >= 15 is 0 Å². The van der Waals surface area contributed by atoms with Crippen molar-refractivity contribution in [3.8, 4) is 5.75 Å². The van der Waals surface area contributed by atoms with Crippen LogP contribution in [0.25, 0.3) is 11.0 Å². The van der Waals surface area contributed by atoms with Gasteiger partial charge in [0, 0.05) is 20.0 Å². The highest BCUT2D eigenvalue weighted by Gasteiger charge is 2.08. The Hall–Kier alpha value is -2.63. The summed E-state index contributed by atoms with van der Waals surface area (Å²) in [5.74, 6) is 1.69. The Morgan fingerprint density at radius 2 is 2.05 bits per heavy atom. The highest BCUT2D eigenvalue weighted by molar-refractivity contribution is 5.85. The number of para-hydroxylation sites is 1. The minimum absolute atomic E-state index is 0.648. The Balaban J connectivity index is 1.61. The first-order valence-electron chi connectivity index (χ1n) is 6.90. The second kappa shape index (κ2) is 6.21. The maximum absolute atomic E-state index is 5.68. The number of nitrogens with one attached hydrogen (secondary N) is 1. The number of aryl methyl sites for hydroxylation is 1. The molecule has 3 rings (SSSR count). The molecule has 0 bridgehead atoms. The standard InChI is InChI=1S/C15H17N5O/c1-16-14-13-10-19-20(15(13)18-11-17-14)8-5-9-21-12-6-3-2-4-7-12/h2-4,6-7,10-11H,5,8-9H2,1H3,(H,16,17,18). The summed E-state index contributed by atoms with van der Waals surface area (Å²) in [7, 11) is 1.84. The van der Waals surface area contributed by atoms with Crippen molar-refractivity contribution in [2.75, 3.05) is 19.0 Å². The molecule has 0 fully saturated rings. The van der Waals surface area contributed by atoms with Crippen molar-refractivity contribution in [2.45, 2.75) is 13.0 Å². The lowest BCUT2D eigenvalue weighted by Gasteiger charge is -2.06. The first-order chi connectivity index (χ1) is 10.4. The lowest BCUT2D eigenvalue weighted by atomic mass is 10.3. The van der Waals surface area contributed by atoms with E-state index in [-0.39, 0.29) is 0 Å². The summed E-state index contributed by atoms with van der Waals surface area (Å²) < 4.78 is 7.56. The van der Waals surface area contributed by atoms with Gasteiger partial charge in [-0.05, 0) is 12.1 Å². The summed E-state index contributed by atoms with van der Waals surface area (Å²) in [6.07, 6.45) is 4.20. The molecule has 0 saturated heterocycles. The van der Waals surface area contributed by atoms with E-state index in [2.05, 4.69) is 20.4 Å². The van der Waals surface area contributed by atoms with Crippen LogP contribution in [0.15, 0.2) is 42.9 Å². The second-order valence-corrected chi connectivity index (χ2v) is 4.59. The van der Waals surface area contributed by atoms with Crippen LogP contribution in [0.1, 0.15) is 6.42 Å². The molecule has 0 amide bonds. The van der Waals surface area contributed by atoms with E-state index in [1.807, 2.05) is 42.1 Å². The first-order valence-corrected chi connectivity index (χ1v) is 6.90. The predicted molar refractivity (Wildman–Crippen MR) is 81.4 cm³/mol. The second-order valence-electron chi connectivity index (χ2n) is 4.59. The van der Waals surface area contributed by atoms with Crippen molar-refractivity contribution in [1.82, 2.24) is 19.7 Å². The Morgan fingerprint density at radius 1 is 1.19 bits per heavy atom. The summed E-state index contributed by atoms with van der Waals surface area (Å²) in [5.41, 5.74) is 0.842. The van der Waals surface area contributed by atoms with Gasteiger partial charge in [-0.1, -0.05) is 18.2 Å². The number of benzene rings is 1. The van der Waals surface area contributed by atoms with Crippen LogP contribution in [0, 0.1) is 0 Å². The minimum Gasteiger partial charge on any atom is -0.494 e. The average molecular weight is 283 g/mol. The molecule has 6 nitrogen and oxygen atoms in total. The molecule has 0 unspecified atom stereocenters. The van der Waals surface area contributed by atoms with Gasteiger partial charge in [0.1, 0.15) is 17.9 Å². The Kier molecular flexibility index (Phi) is 3.95. The molecule has 0 radical (unpaired) electrons. The summed E-state index contributed by atoms with van der Waals surface area (Å²) in [4.78, 5) is 8.47. The zero-order valence-corrected chi connectivity index (χ0v) is 11.9. The van der Waals surface area contributed by atoms with Crippen molar-refractivity contribution in [3.05, 3.63) is 42.9 Å². The van der Waals surface area contributed by atoms with Crippen molar-refractivity contribution < 1.29 is 4.74 Å². The third kappa shape index (κ3) is 2.94. The zero-order valence-electron chi connectivity index (χ0n) is 11.9. The van der Waals surface area contributed by atoms with Gasteiger partial charge in [-0.3, -0.25) is 0 Å². The Labute approximate surface area is 122 Å². The Bertz CT molecular complexity index is 710. The number of hydrogen-bond acceptors (Lipinski definition) is 5. The molecule has 3 aromatic rings. The molecule has 0 aliphatic heterocycles. The van der Waals surface area contributed by atoms with Gasteiger partial charge in [-0.25, -0.2) is 14.6 Å². The molecule has 0 spiro atoms. The Morgan fingerprint density at radius 3 is 2.86 bits per heavy atom. The van der Waals surface area contributed by atoms with Crippen LogP contribution in [-0.4, -0.2) is 33.4 Å².